The summed E-state index contributed by atoms with van der Waals surface area (Å²) in [6, 6.07) is 5.35. The van der Waals surface area contributed by atoms with Gasteiger partial charge in [-0.05, 0) is 50.3 Å². The van der Waals surface area contributed by atoms with Crippen LogP contribution in [0.2, 0.25) is 0 Å². The fourth-order valence-corrected chi connectivity index (χ4v) is 3.55. The van der Waals surface area contributed by atoms with Crippen LogP contribution in [0, 0.1) is 6.92 Å². The highest BCUT2D eigenvalue weighted by molar-refractivity contribution is 6.06. The summed E-state index contributed by atoms with van der Waals surface area (Å²) >= 11 is 0. The lowest BCUT2D eigenvalue weighted by atomic mass is 9.87. The van der Waals surface area contributed by atoms with Gasteiger partial charge < -0.3 is 16.2 Å². The van der Waals surface area contributed by atoms with Crippen molar-refractivity contribution in [2.24, 2.45) is 21.5 Å². The molecule has 1 fully saturated rings. The van der Waals surface area contributed by atoms with Crippen molar-refractivity contribution >= 4 is 17.6 Å². The molecule has 0 aromatic heterocycles. The Kier molecular flexibility index (Phi) is 4.78. The van der Waals surface area contributed by atoms with E-state index in [1.807, 2.05) is 19.1 Å². The van der Waals surface area contributed by atoms with Crippen molar-refractivity contribution in [2.45, 2.75) is 51.1 Å². The van der Waals surface area contributed by atoms with E-state index in [0.717, 1.165) is 37.7 Å². The molecular weight excluding hydrogens is 328 g/mol. The Hall–Kier alpha value is -2.38. The van der Waals surface area contributed by atoms with Crippen molar-refractivity contribution in [1.82, 2.24) is 0 Å². The minimum absolute atomic E-state index is 0.151. The Balaban J connectivity index is 2.06. The van der Waals surface area contributed by atoms with Gasteiger partial charge in [0, 0.05) is 0 Å². The maximum Gasteiger partial charge on any atom is 0.272 e. The van der Waals surface area contributed by atoms with Crippen molar-refractivity contribution in [3.8, 4) is 5.75 Å². The summed E-state index contributed by atoms with van der Waals surface area (Å²) in [6.45, 7) is 1.24. The van der Waals surface area contributed by atoms with Crippen LogP contribution in [0.15, 0.2) is 28.2 Å². The highest BCUT2D eigenvalue weighted by atomic mass is 19.3. The number of benzene rings is 1. The van der Waals surface area contributed by atoms with E-state index in [4.69, 9.17) is 16.2 Å². The average Bonchev–Trinajstić information content (AvgIpc) is 2.54. The van der Waals surface area contributed by atoms with Crippen molar-refractivity contribution in [2.75, 3.05) is 11.5 Å². The maximum atomic E-state index is 12.6. The number of hydrogen-bond acceptors (Lipinski definition) is 6. The van der Waals surface area contributed by atoms with Crippen LogP contribution in [0.3, 0.4) is 0 Å². The fraction of sp³-hybridized carbons (Fsp3) is 0.529. The second-order valence-electron chi connectivity index (χ2n) is 6.49. The fourth-order valence-electron chi connectivity index (χ4n) is 3.55. The van der Waals surface area contributed by atoms with E-state index < -0.39 is 18.7 Å². The normalized spacial score (nSPS) is 19.8. The Morgan fingerprint density at radius 1 is 1.24 bits per heavy atom. The Morgan fingerprint density at radius 2 is 1.96 bits per heavy atom. The molecule has 0 radical (unpaired) electrons. The van der Waals surface area contributed by atoms with E-state index in [-0.39, 0.29) is 11.9 Å². The molecule has 1 aliphatic carbocycles. The lowest BCUT2D eigenvalue weighted by Crippen LogP contribution is -2.58. The zero-order valence-corrected chi connectivity index (χ0v) is 14.2. The number of halogens is 2. The highest BCUT2D eigenvalue weighted by Gasteiger charge is 2.43. The second kappa shape index (κ2) is 6.85. The lowest BCUT2D eigenvalue weighted by molar-refractivity contribution is 0.0820. The minimum Gasteiger partial charge on any atom is -0.485 e. The molecule has 3 rings (SSSR count). The summed E-state index contributed by atoms with van der Waals surface area (Å²) in [6.07, 6.45) is 2.07. The quantitative estimate of drug-likeness (QED) is 0.873. The molecule has 25 heavy (non-hydrogen) atoms. The summed E-state index contributed by atoms with van der Waals surface area (Å²) in [7, 11) is 0. The number of nitrogens with two attached hydrogens (primary N) is 2. The Morgan fingerprint density at radius 3 is 2.64 bits per heavy atom. The molecule has 8 heteroatoms. The van der Waals surface area contributed by atoms with Crippen LogP contribution >= 0.6 is 0 Å². The summed E-state index contributed by atoms with van der Waals surface area (Å²) < 4.78 is 30.6. The highest BCUT2D eigenvalue weighted by Crippen LogP contribution is 2.43. The van der Waals surface area contributed by atoms with E-state index in [1.54, 1.807) is 11.0 Å². The molecule has 1 aliphatic heterocycles. The van der Waals surface area contributed by atoms with E-state index in [0.29, 0.717) is 11.4 Å². The molecule has 1 aromatic carbocycles. The van der Waals surface area contributed by atoms with Crippen molar-refractivity contribution in [1.29, 1.82) is 0 Å². The minimum atomic E-state index is -2.56. The van der Waals surface area contributed by atoms with E-state index >= 15 is 0 Å². The van der Waals surface area contributed by atoms with E-state index in [1.165, 1.54) is 0 Å². The Labute approximate surface area is 145 Å². The SMILES string of the molecule is Cc1ccc(OCC(F)F)c(N2C(N)=NC(N)=NC23CCCCC3)c1. The van der Waals surface area contributed by atoms with Crippen LogP contribution in [0.5, 0.6) is 5.75 Å². The first-order chi connectivity index (χ1) is 11.9. The van der Waals surface area contributed by atoms with E-state index in [9.17, 15) is 8.78 Å². The van der Waals surface area contributed by atoms with Gasteiger partial charge in [-0.1, -0.05) is 12.5 Å². The molecule has 4 N–H and O–H groups in total. The number of guanidine groups is 2. The average molecular weight is 351 g/mol. The number of ether oxygens (including phenoxy) is 1. The molecule has 0 bridgehead atoms. The first kappa shape index (κ1) is 17.4. The Bertz CT molecular complexity index is 698. The number of hydrogen-bond donors (Lipinski definition) is 2. The van der Waals surface area contributed by atoms with Gasteiger partial charge in [0.05, 0.1) is 5.69 Å². The van der Waals surface area contributed by atoms with E-state index in [2.05, 4.69) is 9.98 Å². The van der Waals surface area contributed by atoms with Crippen molar-refractivity contribution in [3.05, 3.63) is 23.8 Å². The summed E-state index contributed by atoms with van der Waals surface area (Å²) in [4.78, 5) is 10.5. The van der Waals surface area contributed by atoms with Crippen LogP contribution in [0.25, 0.3) is 0 Å². The monoisotopic (exact) mass is 351 g/mol. The number of alkyl halides is 2. The van der Waals surface area contributed by atoms with Crippen LogP contribution in [0.4, 0.5) is 14.5 Å². The molecule has 1 aromatic rings. The van der Waals surface area contributed by atoms with Gasteiger partial charge in [0.25, 0.3) is 6.43 Å². The molecule has 0 saturated heterocycles. The third kappa shape index (κ3) is 3.52. The molecule has 6 nitrogen and oxygen atoms in total. The molecule has 2 aliphatic rings. The van der Waals surface area contributed by atoms with Crippen molar-refractivity contribution < 1.29 is 13.5 Å². The largest absolute Gasteiger partial charge is 0.485 e. The molecular formula is C17H23F2N5O. The predicted octanol–water partition coefficient (Wildman–Crippen LogP) is 2.75. The number of aliphatic imine (C=N–C) groups is 2. The van der Waals surface area contributed by atoms with Gasteiger partial charge in [0.2, 0.25) is 11.9 Å². The van der Waals surface area contributed by atoms with Gasteiger partial charge in [0.1, 0.15) is 18.0 Å². The van der Waals surface area contributed by atoms with Crippen LogP contribution in [-0.2, 0) is 0 Å². The van der Waals surface area contributed by atoms with Gasteiger partial charge in [-0.3, -0.25) is 4.90 Å². The standard InChI is InChI=1S/C17H23F2N5O/c1-11-5-6-13(25-10-14(18)19)12(9-11)24-16(21)22-15(20)23-17(24)7-3-2-4-8-17/h5-6,9,14H,2-4,7-8,10H2,1H3,(H4,20,21,22,23). The van der Waals surface area contributed by atoms with Crippen LogP contribution < -0.4 is 21.1 Å². The molecule has 0 amide bonds. The molecule has 0 atom stereocenters. The number of nitrogens with zero attached hydrogens (tertiary/aromatic N) is 3. The molecule has 136 valence electrons. The van der Waals surface area contributed by atoms with Crippen molar-refractivity contribution in [3.63, 3.8) is 0 Å². The summed E-state index contributed by atoms with van der Waals surface area (Å²) in [5, 5.41) is 0. The smallest absolute Gasteiger partial charge is 0.272 e. The number of anilines is 1. The van der Waals surface area contributed by atoms with Crippen LogP contribution in [-0.4, -0.2) is 30.6 Å². The molecule has 1 saturated carbocycles. The predicted molar refractivity (Wildman–Crippen MR) is 94.2 cm³/mol. The molecule has 0 unspecified atom stereocenters. The molecule has 1 heterocycles. The summed E-state index contributed by atoms with van der Waals surface area (Å²) in [5.74, 6) is 0.699. The summed E-state index contributed by atoms with van der Waals surface area (Å²) in [5.41, 5.74) is 13.0. The maximum absolute atomic E-state index is 12.6. The van der Waals surface area contributed by atoms with Gasteiger partial charge in [-0.2, -0.15) is 4.99 Å². The van der Waals surface area contributed by atoms with Gasteiger partial charge in [-0.25, -0.2) is 13.8 Å². The third-order valence-electron chi connectivity index (χ3n) is 4.57. The number of aryl methyl sites for hydroxylation is 1. The second-order valence-corrected chi connectivity index (χ2v) is 6.49. The first-order valence-corrected chi connectivity index (χ1v) is 8.43. The van der Waals surface area contributed by atoms with Gasteiger partial charge in [0.15, 0.2) is 0 Å². The van der Waals surface area contributed by atoms with Gasteiger partial charge in [-0.15, -0.1) is 0 Å². The zero-order valence-electron chi connectivity index (χ0n) is 14.2. The topological polar surface area (TPSA) is 89.2 Å². The zero-order chi connectivity index (χ0) is 18.0. The van der Waals surface area contributed by atoms with Gasteiger partial charge >= 0.3 is 0 Å². The van der Waals surface area contributed by atoms with Crippen LogP contribution in [0.1, 0.15) is 37.7 Å². The third-order valence-corrected chi connectivity index (χ3v) is 4.57. The molecule has 1 spiro atoms. The first-order valence-electron chi connectivity index (χ1n) is 8.43. The number of rotatable bonds is 4. The lowest BCUT2D eigenvalue weighted by Gasteiger charge is -2.46.